The highest BCUT2D eigenvalue weighted by molar-refractivity contribution is 5.98. The van der Waals surface area contributed by atoms with Gasteiger partial charge in [-0.05, 0) is 127 Å². The van der Waals surface area contributed by atoms with Crippen LogP contribution in [-0.2, 0) is 35.6 Å². The van der Waals surface area contributed by atoms with Gasteiger partial charge in [0.05, 0.1) is 20.8 Å². The monoisotopic (exact) mass is 634 g/mol. The van der Waals surface area contributed by atoms with E-state index >= 15 is 0 Å². The van der Waals surface area contributed by atoms with Gasteiger partial charge in [0.15, 0.2) is 5.78 Å². The van der Waals surface area contributed by atoms with Gasteiger partial charge in [-0.2, -0.15) is 0 Å². The predicted molar refractivity (Wildman–Crippen MR) is 182 cm³/mol. The average Bonchev–Trinajstić information content (AvgIpc) is 3.11. The van der Waals surface area contributed by atoms with Crippen LogP contribution in [-0.4, -0.2) is 32.6 Å². The summed E-state index contributed by atoms with van der Waals surface area (Å²) < 4.78 is 27.1. The number of aryl methyl sites for hydroxylation is 2. The Morgan fingerprint density at radius 1 is 0.638 bits per heavy atom. The van der Waals surface area contributed by atoms with Crippen LogP contribution in [0.5, 0.6) is 23.0 Å². The molecule has 0 radical (unpaired) electrons. The molecule has 0 heterocycles. The number of fused-ring (bicyclic) bond motifs is 2. The lowest BCUT2D eigenvalue weighted by atomic mass is 9.87. The first-order valence-electron chi connectivity index (χ1n) is 16.1. The zero-order chi connectivity index (χ0) is 33.0. The molecular weight excluding hydrogens is 592 g/mol. The highest BCUT2D eigenvalue weighted by Gasteiger charge is 2.18. The molecule has 0 spiro atoms. The molecule has 0 aliphatic heterocycles. The van der Waals surface area contributed by atoms with Crippen LogP contribution >= 0.6 is 0 Å². The lowest BCUT2D eigenvalue weighted by molar-refractivity contribution is -0.137. The molecule has 6 rings (SSSR count). The Morgan fingerprint density at radius 3 is 1.66 bits per heavy atom. The van der Waals surface area contributed by atoms with Crippen LogP contribution in [0.2, 0.25) is 0 Å². The molecule has 244 valence electrons. The molecule has 0 unspecified atom stereocenters. The Kier molecular flexibility index (Phi) is 11.7. The molecule has 0 saturated heterocycles. The Labute approximate surface area is 277 Å². The van der Waals surface area contributed by atoms with Crippen LogP contribution in [0.15, 0.2) is 91.0 Å². The quantitative estimate of drug-likeness (QED) is 0.128. The molecule has 0 aromatic heterocycles. The lowest BCUT2D eigenvalue weighted by Gasteiger charge is -2.20. The number of carbonyl (C=O) groups excluding carboxylic acids is 2. The van der Waals surface area contributed by atoms with E-state index in [0.717, 1.165) is 88.5 Å². The highest BCUT2D eigenvalue weighted by atomic mass is 16.5. The third-order valence-corrected chi connectivity index (χ3v) is 8.25. The van der Waals surface area contributed by atoms with Gasteiger partial charge in [0.2, 0.25) is 0 Å². The number of allylic oxidation sites excluding steroid dienone is 1. The Morgan fingerprint density at radius 2 is 1.13 bits per heavy atom. The number of ketones is 1. The van der Waals surface area contributed by atoms with Crippen molar-refractivity contribution in [3.05, 3.63) is 124 Å². The van der Waals surface area contributed by atoms with E-state index in [4.69, 9.17) is 23.7 Å². The number of ether oxygens (including phenoxy) is 5. The van der Waals surface area contributed by atoms with Gasteiger partial charge in [-0.1, -0.05) is 30.3 Å². The van der Waals surface area contributed by atoms with Crippen molar-refractivity contribution in [2.75, 3.05) is 20.8 Å². The van der Waals surface area contributed by atoms with Crippen LogP contribution in [0.1, 0.15) is 70.8 Å². The van der Waals surface area contributed by atoms with E-state index in [1.807, 2.05) is 85.8 Å². The number of Topliss-reactive ketones (excluding diaryl/α,β-unsaturated/α-hetero) is 1. The maximum absolute atomic E-state index is 11.8. The van der Waals surface area contributed by atoms with Gasteiger partial charge in [-0.3, -0.25) is 4.79 Å². The number of hydrogen-bond donors (Lipinski definition) is 0. The molecule has 4 aromatic rings. The van der Waals surface area contributed by atoms with Crippen molar-refractivity contribution in [2.24, 2.45) is 0 Å². The fourth-order valence-corrected chi connectivity index (χ4v) is 5.75. The van der Waals surface area contributed by atoms with E-state index in [2.05, 4.69) is 6.07 Å². The Hall–Kier alpha value is -5.04. The molecule has 7 heteroatoms. The summed E-state index contributed by atoms with van der Waals surface area (Å²) in [6, 6.07) is 27.5. The maximum Gasteiger partial charge on any atom is 0.331 e. The number of benzene rings is 4. The second-order valence-electron chi connectivity index (χ2n) is 11.5. The molecule has 2 aliphatic carbocycles. The van der Waals surface area contributed by atoms with Crippen LogP contribution in [0.3, 0.4) is 0 Å². The summed E-state index contributed by atoms with van der Waals surface area (Å²) in [6.45, 7) is 3.23. The highest BCUT2D eigenvalue weighted by Crippen LogP contribution is 2.33. The molecule has 0 bridgehead atoms. The van der Waals surface area contributed by atoms with Crippen molar-refractivity contribution < 1.29 is 33.3 Å². The molecule has 7 nitrogen and oxygen atoms in total. The number of esters is 1. The zero-order valence-corrected chi connectivity index (χ0v) is 27.4. The average molecular weight is 635 g/mol. The number of carbonyl (C=O) groups is 2. The third kappa shape index (κ3) is 9.26. The second-order valence-corrected chi connectivity index (χ2v) is 11.5. The molecule has 0 fully saturated rings. The van der Waals surface area contributed by atoms with E-state index in [0.29, 0.717) is 26.2 Å². The summed E-state index contributed by atoms with van der Waals surface area (Å²) >= 11 is 0. The topological polar surface area (TPSA) is 80.3 Å². The van der Waals surface area contributed by atoms with Crippen LogP contribution in [0.25, 0.3) is 5.57 Å². The van der Waals surface area contributed by atoms with Crippen molar-refractivity contribution in [2.45, 2.75) is 58.7 Å². The summed E-state index contributed by atoms with van der Waals surface area (Å²) in [4.78, 5) is 23.5. The second kappa shape index (κ2) is 16.5. The minimum absolute atomic E-state index is 0.248. The minimum atomic E-state index is -0.268. The Bertz CT molecular complexity index is 1690. The molecule has 0 saturated carbocycles. The summed E-state index contributed by atoms with van der Waals surface area (Å²) in [6.07, 6.45) is 7.11. The third-order valence-electron chi connectivity index (χ3n) is 8.25. The number of rotatable bonds is 10. The van der Waals surface area contributed by atoms with Gasteiger partial charge < -0.3 is 23.7 Å². The lowest BCUT2D eigenvalue weighted by Crippen LogP contribution is -2.10. The van der Waals surface area contributed by atoms with E-state index in [1.165, 1.54) is 5.56 Å². The van der Waals surface area contributed by atoms with Crippen LogP contribution < -0.4 is 18.9 Å². The van der Waals surface area contributed by atoms with Crippen molar-refractivity contribution in [1.29, 1.82) is 0 Å². The van der Waals surface area contributed by atoms with E-state index in [1.54, 1.807) is 20.3 Å². The summed E-state index contributed by atoms with van der Waals surface area (Å²) in [5.74, 6) is 3.32. The van der Waals surface area contributed by atoms with Gasteiger partial charge >= 0.3 is 5.97 Å². The van der Waals surface area contributed by atoms with Crippen molar-refractivity contribution in [3.63, 3.8) is 0 Å². The standard InChI is InChI=1S/C22H24O4.C18H18O3/c1-3-25-22(23)14-18-6-4-5-17-13-20(11-12-21(17)18)26-15-16-7-9-19(24-2)10-8-16;1-20-15-7-5-13(6-8-15)12-21-16-9-10-17-14(11-16)3-2-4-18(17)19/h7-14H,3-6,15H2,1-2H3;5-11H,2-4,12H2,1H3/b18-14+;. The summed E-state index contributed by atoms with van der Waals surface area (Å²) in [5.41, 5.74) is 7.54. The summed E-state index contributed by atoms with van der Waals surface area (Å²) in [7, 11) is 3.31. The van der Waals surface area contributed by atoms with Crippen LogP contribution in [0.4, 0.5) is 0 Å². The normalized spacial score (nSPS) is 14.2. The van der Waals surface area contributed by atoms with Crippen LogP contribution in [0, 0.1) is 0 Å². The Balaban J connectivity index is 0.000000189. The van der Waals surface area contributed by atoms with E-state index in [9.17, 15) is 9.59 Å². The zero-order valence-electron chi connectivity index (χ0n) is 27.4. The minimum Gasteiger partial charge on any atom is -0.497 e. The first kappa shape index (κ1) is 33.3. The van der Waals surface area contributed by atoms with Gasteiger partial charge in [-0.25, -0.2) is 4.79 Å². The molecule has 47 heavy (non-hydrogen) atoms. The fourth-order valence-electron chi connectivity index (χ4n) is 5.75. The van der Waals surface area contributed by atoms with Gasteiger partial charge in [-0.15, -0.1) is 0 Å². The van der Waals surface area contributed by atoms with Gasteiger partial charge in [0.25, 0.3) is 0 Å². The number of hydrogen-bond acceptors (Lipinski definition) is 7. The van der Waals surface area contributed by atoms with Crippen molar-refractivity contribution >= 4 is 17.3 Å². The van der Waals surface area contributed by atoms with Gasteiger partial charge in [0, 0.05) is 18.1 Å². The molecule has 0 atom stereocenters. The molecule has 0 amide bonds. The molecular formula is C40H42O7. The summed E-state index contributed by atoms with van der Waals surface area (Å²) in [5, 5.41) is 0. The SMILES string of the molecule is CCOC(=O)/C=C1\CCCc2cc(OCc3ccc(OC)cc3)ccc21.COc1ccc(COc2ccc3c(c2)CCCC3=O)cc1. The van der Waals surface area contributed by atoms with E-state index in [-0.39, 0.29) is 11.8 Å². The molecule has 2 aliphatic rings. The maximum atomic E-state index is 11.8. The molecule has 4 aromatic carbocycles. The fraction of sp³-hybridized carbons (Fsp3) is 0.300. The first-order chi connectivity index (χ1) is 22.9. The number of methoxy groups -OCH3 is 2. The predicted octanol–water partition coefficient (Wildman–Crippen LogP) is 8.35. The van der Waals surface area contributed by atoms with E-state index < -0.39 is 0 Å². The largest absolute Gasteiger partial charge is 0.497 e. The van der Waals surface area contributed by atoms with Gasteiger partial charge in [0.1, 0.15) is 36.2 Å². The smallest absolute Gasteiger partial charge is 0.331 e. The first-order valence-corrected chi connectivity index (χ1v) is 16.1. The van der Waals surface area contributed by atoms with Crippen molar-refractivity contribution in [1.82, 2.24) is 0 Å². The van der Waals surface area contributed by atoms with Crippen molar-refractivity contribution in [3.8, 4) is 23.0 Å². The molecule has 0 N–H and O–H groups in total.